The predicted molar refractivity (Wildman–Crippen MR) is 114 cm³/mol. The third kappa shape index (κ3) is 5.51. The number of nitrogens with zero attached hydrogens (tertiary/aromatic N) is 2. The number of carbonyl (C=O) groups excluding carboxylic acids is 2. The van der Waals surface area contributed by atoms with Gasteiger partial charge in [0.2, 0.25) is 5.91 Å². The number of hydrogen-bond acceptors (Lipinski definition) is 5. The fraction of sp³-hybridized carbons (Fsp3) is 0.292. The quantitative estimate of drug-likeness (QED) is 0.634. The molecule has 3 aromatic rings. The van der Waals surface area contributed by atoms with E-state index in [1.165, 1.54) is 12.5 Å². The molecule has 3 heterocycles. The molecular weight excluding hydrogens is 394 g/mol. The number of piperidine rings is 1. The molecule has 1 unspecified atom stereocenters. The molecule has 4 rings (SSSR count). The molecule has 2 amide bonds. The maximum absolute atomic E-state index is 12.7. The number of likely N-dealkylation sites (tertiary alicyclic amines) is 1. The molecule has 0 aliphatic carbocycles. The Labute approximate surface area is 181 Å². The minimum absolute atomic E-state index is 0.0375. The first-order valence-electron chi connectivity index (χ1n) is 10.4. The van der Waals surface area contributed by atoms with Crippen LogP contribution in [0.3, 0.4) is 0 Å². The van der Waals surface area contributed by atoms with Crippen molar-refractivity contribution in [1.29, 1.82) is 0 Å². The van der Waals surface area contributed by atoms with Crippen molar-refractivity contribution in [1.82, 2.24) is 15.2 Å². The number of aromatic nitrogens is 1. The number of amides is 2. The van der Waals surface area contributed by atoms with Crippen LogP contribution >= 0.6 is 0 Å². The van der Waals surface area contributed by atoms with Crippen LogP contribution in [0.15, 0.2) is 71.7 Å². The van der Waals surface area contributed by atoms with Gasteiger partial charge in [-0.1, -0.05) is 18.2 Å². The van der Waals surface area contributed by atoms with Gasteiger partial charge < -0.3 is 19.4 Å². The summed E-state index contributed by atoms with van der Waals surface area (Å²) in [6, 6.07) is 15.0. The molecule has 0 bridgehead atoms. The van der Waals surface area contributed by atoms with Crippen molar-refractivity contribution in [2.45, 2.75) is 26.0 Å². The Morgan fingerprint density at radius 3 is 2.94 bits per heavy atom. The molecule has 1 aromatic carbocycles. The average Bonchev–Trinajstić information content (AvgIpc) is 3.37. The Balaban J connectivity index is 1.28. The highest BCUT2D eigenvalue weighted by molar-refractivity contribution is 5.94. The summed E-state index contributed by atoms with van der Waals surface area (Å²) in [5.41, 5.74) is 2.32. The second-order valence-electron chi connectivity index (χ2n) is 7.58. The summed E-state index contributed by atoms with van der Waals surface area (Å²) in [6.07, 6.45) is 6.23. The van der Waals surface area contributed by atoms with Crippen molar-refractivity contribution >= 4 is 11.8 Å². The molecule has 1 fully saturated rings. The van der Waals surface area contributed by atoms with Crippen molar-refractivity contribution in [3.63, 3.8) is 0 Å². The molecule has 2 aromatic heterocycles. The summed E-state index contributed by atoms with van der Waals surface area (Å²) in [4.78, 5) is 31.2. The Kier molecular flexibility index (Phi) is 6.62. The molecule has 0 spiro atoms. The molecule has 1 aliphatic heterocycles. The first-order chi connectivity index (χ1) is 15.2. The highest BCUT2D eigenvalue weighted by Crippen LogP contribution is 2.20. The largest absolute Gasteiger partial charge is 0.487 e. The molecule has 0 radical (unpaired) electrons. The van der Waals surface area contributed by atoms with E-state index in [0.717, 1.165) is 29.8 Å². The first kappa shape index (κ1) is 20.7. The standard InChI is InChI=1S/C24H25N3O4/c28-23(19-6-4-11-27(15-19)24(29)20-9-12-30-16-20)26-14-18-5-3-8-22(13-18)31-17-21-7-1-2-10-25-21/h1-3,5,7-10,12-13,16,19H,4,6,11,14-15,17H2,(H,26,28). The third-order valence-corrected chi connectivity index (χ3v) is 5.33. The highest BCUT2D eigenvalue weighted by atomic mass is 16.5. The van der Waals surface area contributed by atoms with Crippen molar-refractivity contribution in [3.8, 4) is 5.75 Å². The number of ether oxygens (including phenoxy) is 1. The second kappa shape index (κ2) is 9.93. The van der Waals surface area contributed by atoms with Gasteiger partial charge in [-0.25, -0.2) is 0 Å². The molecule has 1 atom stereocenters. The molecule has 7 nitrogen and oxygen atoms in total. The van der Waals surface area contributed by atoms with Crippen LogP contribution in [0, 0.1) is 5.92 Å². The number of rotatable bonds is 7. The van der Waals surface area contributed by atoms with Crippen LogP contribution in [-0.4, -0.2) is 34.8 Å². The molecule has 160 valence electrons. The lowest BCUT2D eigenvalue weighted by molar-refractivity contribution is -0.126. The van der Waals surface area contributed by atoms with Gasteiger partial charge >= 0.3 is 0 Å². The maximum Gasteiger partial charge on any atom is 0.257 e. The molecule has 1 N–H and O–H groups in total. The van der Waals surface area contributed by atoms with E-state index in [9.17, 15) is 9.59 Å². The summed E-state index contributed by atoms with van der Waals surface area (Å²) in [6.45, 7) is 1.87. The van der Waals surface area contributed by atoms with Gasteiger partial charge in [-0.3, -0.25) is 14.6 Å². The van der Waals surface area contributed by atoms with Crippen molar-refractivity contribution < 1.29 is 18.7 Å². The van der Waals surface area contributed by atoms with E-state index in [1.54, 1.807) is 17.2 Å². The number of hydrogen-bond donors (Lipinski definition) is 1. The van der Waals surface area contributed by atoms with Gasteiger partial charge in [-0.05, 0) is 48.7 Å². The van der Waals surface area contributed by atoms with Crippen LogP contribution in [0.1, 0.15) is 34.5 Å². The molecule has 0 saturated carbocycles. The van der Waals surface area contributed by atoms with Crippen LogP contribution in [0.2, 0.25) is 0 Å². The zero-order valence-electron chi connectivity index (χ0n) is 17.2. The highest BCUT2D eigenvalue weighted by Gasteiger charge is 2.29. The van der Waals surface area contributed by atoms with E-state index in [1.807, 2.05) is 42.5 Å². The van der Waals surface area contributed by atoms with Gasteiger partial charge in [0.1, 0.15) is 18.6 Å². The number of benzene rings is 1. The lowest BCUT2D eigenvalue weighted by Gasteiger charge is -2.31. The van der Waals surface area contributed by atoms with E-state index < -0.39 is 0 Å². The van der Waals surface area contributed by atoms with E-state index in [0.29, 0.717) is 31.8 Å². The van der Waals surface area contributed by atoms with Gasteiger partial charge in [0.15, 0.2) is 0 Å². The third-order valence-electron chi connectivity index (χ3n) is 5.33. The van der Waals surface area contributed by atoms with Crippen molar-refractivity contribution in [2.24, 2.45) is 5.92 Å². The Bertz CT molecular complexity index is 1000. The van der Waals surface area contributed by atoms with Gasteiger partial charge in [-0.15, -0.1) is 0 Å². The summed E-state index contributed by atoms with van der Waals surface area (Å²) in [5.74, 6) is 0.383. The zero-order chi connectivity index (χ0) is 21.5. The molecular formula is C24H25N3O4. The van der Waals surface area contributed by atoms with E-state index in [-0.39, 0.29) is 17.7 Å². The van der Waals surface area contributed by atoms with Gasteiger partial charge in [0.25, 0.3) is 5.91 Å². The number of pyridine rings is 1. The summed E-state index contributed by atoms with van der Waals surface area (Å²) >= 11 is 0. The molecule has 1 saturated heterocycles. The Morgan fingerprint density at radius 1 is 1.19 bits per heavy atom. The predicted octanol–water partition coefficient (Wildman–Crippen LogP) is 3.42. The van der Waals surface area contributed by atoms with E-state index in [4.69, 9.17) is 9.15 Å². The number of furan rings is 1. The van der Waals surface area contributed by atoms with Crippen LogP contribution in [-0.2, 0) is 17.9 Å². The fourth-order valence-electron chi connectivity index (χ4n) is 3.66. The van der Waals surface area contributed by atoms with E-state index >= 15 is 0 Å². The van der Waals surface area contributed by atoms with Crippen LogP contribution in [0.5, 0.6) is 5.75 Å². The summed E-state index contributed by atoms with van der Waals surface area (Å²) < 4.78 is 10.8. The fourth-order valence-corrected chi connectivity index (χ4v) is 3.66. The SMILES string of the molecule is O=C(NCc1cccc(OCc2ccccn2)c1)C1CCCN(C(=O)c2ccoc2)C1. The Morgan fingerprint density at radius 2 is 2.13 bits per heavy atom. The van der Waals surface area contributed by atoms with Crippen LogP contribution < -0.4 is 10.1 Å². The van der Waals surface area contributed by atoms with Crippen LogP contribution in [0.4, 0.5) is 0 Å². The number of nitrogens with one attached hydrogen (secondary N) is 1. The summed E-state index contributed by atoms with van der Waals surface area (Å²) in [5, 5.41) is 3.00. The number of carbonyl (C=O) groups is 2. The van der Waals surface area contributed by atoms with E-state index in [2.05, 4.69) is 10.3 Å². The maximum atomic E-state index is 12.7. The molecule has 7 heteroatoms. The Hall–Kier alpha value is -3.61. The lowest BCUT2D eigenvalue weighted by Crippen LogP contribution is -2.45. The molecule has 31 heavy (non-hydrogen) atoms. The molecule has 1 aliphatic rings. The topological polar surface area (TPSA) is 84.7 Å². The normalized spacial score (nSPS) is 16.0. The van der Waals surface area contributed by atoms with Crippen LogP contribution in [0.25, 0.3) is 0 Å². The van der Waals surface area contributed by atoms with Gasteiger partial charge in [0.05, 0.1) is 23.4 Å². The van der Waals surface area contributed by atoms with Crippen molar-refractivity contribution in [2.75, 3.05) is 13.1 Å². The second-order valence-corrected chi connectivity index (χ2v) is 7.58. The van der Waals surface area contributed by atoms with Gasteiger partial charge in [-0.2, -0.15) is 0 Å². The smallest absolute Gasteiger partial charge is 0.257 e. The zero-order valence-corrected chi connectivity index (χ0v) is 17.2. The monoisotopic (exact) mass is 419 g/mol. The first-order valence-corrected chi connectivity index (χ1v) is 10.4. The minimum Gasteiger partial charge on any atom is -0.487 e. The van der Waals surface area contributed by atoms with Crippen molar-refractivity contribution in [3.05, 3.63) is 84.1 Å². The average molecular weight is 419 g/mol. The van der Waals surface area contributed by atoms with Gasteiger partial charge in [0, 0.05) is 25.8 Å². The minimum atomic E-state index is -0.215. The summed E-state index contributed by atoms with van der Waals surface area (Å²) in [7, 11) is 0. The lowest BCUT2D eigenvalue weighted by atomic mass is 9.96.